The summed E-state index contributed by atoms with van der Waals surface area (Å²) in [5, 5.41) is 2.83. The zero-order valence-electron chi connectivity index (χ0n) is 9.12. The van der Waals surface area contributed by atoms with Crippen molar-refractivity contribution in [2.24, 2.45) is 0 Å². The van der Waals surface area contributed by atoms with Crippen LogP contribution in [-0.2, 0) is 13.6 Å². The number of hydrogen-bond donors (Lipinski definition) is 1. The van der Waals surface area contributed by atoms with Crippen LogP contribution in [0.25, 0.3) is 0 Å². The van der Waals surface area contributed by atoms with E-state index >= 15 is 0 Å². The van der Waals surface area contributed by atoms with Gasteiger partial charge in [-0.3, -0.25) is 9.05 Å². The molecule has 6 heteroatoms. The normalized spacial score (nSPS) is 11.9. The molecule has 0 amide bonds. The van der Waals surface area contributed by atoms with E-state index in [1.165, 1.54) is 0 Å². The minimum Gasteiger partial charge on any atom is -0.297 e. The molecule has 0 aliphatic rings. The quantitative estimate of drug-likeness (QED) is 0.496. The van der Waals surface area contributed by atoms with Crippen LogP contribution in [0.4, 0.5) is 0 Å². The molecule has 0 heterocycles. The Morgan fingerprint density at radius 1 is 1.29 bits per heavy atom. The highest BCUT2D eigenvalue weighted by Gasteiger charge is 2.21. The second-order valence-electron chi connectivity index (χ2n) is 2.59. The Labute approximate surface area is 90.7 Å². The Balaban J connectivity index is 3.78. The van der Waals surface area contributed by atoms with Gasteiger partial charge in [-0.05, 0) is 32.3 Å². The van der Waals surface area contributed by atoms with E-state index < -0.39 is 7.75 Å². The highest BCUT2D eigenvalue weighted by atomic mass is 32.2. The van der Waals surface area contributed by atoms with Crippen LogP contribution in [-0.4, -0.2) is 31.8 Å². The van der Waals surface area contributed by atoms with Gasteiger partial charge in [-0.15, -0.1) is 0 Å². The molecule has 0 atom stereocenters. The maximum Gasteiger partial charge on any atom is 0.405 e. The molecule has 0 aromatic carbocycles. The summed E-state index contributed by atoms with van der Waals surface area (Å²) in [5.41, 5.74) is 0. The third-order valence-corrected chi connectivity index (χ3v) is 3.93. The molecule has 0 aromatic heterocycles. The molecule has 4 nitrogen and oxygen atoms in total. The van der Waals surface area contributed by atoms with E-state index in [4.69, 9.17) is 9.05 Å². The van der Waals surface area contributed by atoms with Gasteiger partial charge in [0.2, 0.25) is 0 Å². The summed E-state index contributed by atoms with van der Waals surface area (Å²) in [6.45, 7) is 5.06. The molecule has 1 N–H and O–H groups in total. The fourth-order valence-corrected chi connectivity index (χ4v) is 2.70. The lowest BCUT2D eigenvalue weighted by Gasteiger charge is -2.17. The predicted molar refractivity (Wildman–Crippen MR) is 61.9 cm³/mol. The van der Waals surface area contributed by atoms with Crippen molar-refractivity contribution in [2.45, 2.75) is 20.3 Å². The van der Waals surface area contributed by atoms with Crippen molar-refractivity contribution in [3.63, 3.8) is 0 Å². The van der Waals surface area contributed by atoms with Crippen LogP contribution < -0.4 is 5.09 Å². The summed E-state index contributed by atoms with van der Waals surface area (Å²) < 4.78 is 21.9. The summed E-state index contributed by atoms with van der Waals surface area (Å²) in [4.78, 5) is 0. The molecular weight excluding hydrogens is 221 g/mol. The molecule has 86 valence electrons. The molecule has 0 aliphatic heterocycles. The van der Waals surface area contributed by atoms with E-state index in [1.807, 2.05) is 6.26 Å². The highest BCUT2D eigenvalue weighted by molar-refractivity contribution is 7.98. The molecule has 0 rings (SSSR count). The summed E-state index contributed by atoms with van der Waals surface area (Å²) in [5.74, 6) is 1.05. The van der Waals surface area contributed by atoms with Crippen molar-refractivity contribution < 1.29 is 13.6 Å². The van der Waals surface area contributed by atoms with Gasteiger partial charge < -0.3 is 0 Å². The monoisotopic (exact) mass is 241 g/mol. The second-order valence-corrected chi connectivity index (χ2v) is 5.40. The SMILES string of the molecule is CCOP(=O)(NCCCSC)OCC. The maximum atomic E-state index is 11.8. The van der Waals surface area contributed by atoms with Gasteiger partial charge in [0.1, 0.15) is 0 Å². The Morgan fingerprint density at radius 3 is 2.29 bits per heavy atom. The minimum atomic E-state index is -3.02. The summed E-state index contributed by atoms with van der Waals surface area (Å²) in [6.07, 6.45) is 3.01. The minimum absolute atomic E-state index is 0.396. The molecule has 0 saturated heterocycles. The van der Waals surface area contributed by atoms with E-state index in [9.17, 15) is 4.57 Å². The van der Waals surface area contributed by atoms with Crippen molar-refractivity contribution in [1.29, 1.82) is 0 Å². The number of rotatable bonds is 9. The molecule has 0 radical (unpaired) electrons. The third-order valence-electron chi connectivity index (χ3n) is 1.43. The predicted octanol–water partition coefficient (Wildman–Crippen LogP) is 2.51. The third kappa shape index (κ3) is 6.85. The molecule has 0 bridgehead atoms. The number of hydrogen-bond acceptors (Lipinski definition) is 4. The molecule has 0 saturated carbocycles. The molecule has 0 spiro atoms. The lowest BCUT2D eigenvalue weighted by atomic mass is 10.5. The van der Waals surface area contributed by atoms with E-state index in [2.05, 4.69) is 5.09 Å². The topological polar surface area (TPSA) is 47.6 Å². The average molecular weight is 241 g/mol. The highest BCUT2D eigenvalue weighted by Crippen LogP contribution is 2.43. The van der Waals surface area contributed by atoms with Crippen molar-refractivity contribution >= 4 is 19.5 Å². The van der Waals surface area contributed by atoms with Gasteiger partial charge in [-0.25, -0.2) is 9.65 Å². The standard InChI is InChI=1S/C8H20NO3PS/c1-4-11-13(10,12-5-2)9-7-6-8-14-3/h4-8H2,1-3H3,(H,9,10). The van der Waals surface area contributed by atoms with Gasteiger partial charge in [-0.2, -0.15) is 11.8 Å². The van der Waals surface area contributed by atoms with Crippen LogP contribution in [0.1, 0.15) is 20.3 Å². The fourth-order valence-electron chi connectivity index (χ4n) is 0.901. The Hall–Kier alpha value is 0.460. The van der Waals surface area contributed by atoms with Crippen LogP contribution in [0.3, 0.4) is 0 Å². The van der Waals surface area contributed by atoms with Gasteiger partial charge in [0.25, 0.3) is 0 Å². The first-order valence-corrected chi connectivity index (χ1v) is 7.75. The fraction of sp³-hybridized carbons (Fsp3) is 1.00. The number of thioether (sulfide) groups is 1. The Morgan fingerprint density at radius 2 is 1.86 bits per heavy atom. The summed E-state index contributed by atoms with van der Waals surface area (Å²) in [7, 11) is -3.02. The van der Waals surface area contributed by atoms with Crippen LogP contribution in [0.15, 0.2) is 0 Å². The van der Waals surface area contributed by atoms with Crippen LogP contribution >= 0.6 is 19.5 Å². The summed E-state index contributed by atoms with van der Waals surface area (Å²) in [6, 6.07) is 0. The first-order chi connectivity index (χ1) is 6.68. The molecule has 0 unspecified atom stereocenters. The first-order valence-electron chi connectivity index (χ1n) is 4.81. The zero-order valence-corrected chi connectivity index (χ0v) is 10.8. The van der Waals surface area contributed by atoms with Crippen LogP contribution in [0.2, 0.25) is 0 Å². The Kier molecular flexibility index (Phi) is 9.03. The van der Waals surface area contributed by atoms with E-state index in [-0.39, 0.29) is 0 Å². The Bertz CT molecular complexity index is 170. The van der Waals surface area contributed by atoms with Gasteiger partial charge in [-0.1, -0.05) is 0 Å². The van der Waals surface area contributed by atoms with Crippen LogP contribution in [0, 0.1) is 0 Å². The van der Waals surface area contributed by atoms with E-state index in [1.54, 1.807) is 25.6 Å². The molecular formula is C8H20NO3PS. The molecule has 0 fully saturated rings. The largest absolute Gasteiger partial charge is 0.405 e. The van der Waals surface area contributed by atoms with Gasteiger partial charge in [0.05, 0.1) is 13.2 Å². The maximum absolute atomic E-state index is 11.8. The smallest absolute Gasteiger partial charge is 0.297 e. The lowest BCUT2D eigenvalue weighted by Crippen LogP contribution is -2.16. The lowest BCUT2D eigenvalue weighted by molar-refractivity contribution is 0.211. The van der Waals surface area contributed by atoms with Gasteiger partial charge in [0, 0.05) is 6.54 Å². The van der Waals surface area contributed by atoms with E-state index in [0.29, 0.717) is 19.8 Å². The van der Waals surface area contributed by atoms with Gasteiger partial charge >= 0.3 is 7.75 Å². The van der Waals surface area contributed by atoms with Crippen LogP contribution in [0.5, 0.6) is 0 Å². The van der Waals surface area contributed by atoms with Gasteiger partial charge in [0.15, 0.2) is 0 Å². The van der Waals surface area contributed by atoms with Crippen molar-refractivity contribution in [2.75, 3.05) is 31.8 Å². The zero-order chi connectivity index (χ0) is 10.9. The molecule has 0 aromatic rings. The van der Waals surface area contributed by atoms with E-state index in [0.717, 1.165) is 12.2 Å². The summed E-state index contributed by atoms with van der Waals surface area (Å²) >= 11 is 1.77. The first kappa shape index (κ1) is 14.5. The van der Waals surface area contributed by atoms with Crippen molar-refractivity contribution in [1.82, 2.24) is 5.09 Å². The second kappa shape index (κ2) is 8.74. The molecule has 14 heavy (non-hydrogen) atoms. The van der Waals surface area contributed by atoms with Crippen molar-refractivity contribution in [3.8, 4) is 0 Å². The number of nitrogens with one attached hydrogen (secondary N) is 1. The molecule has 0 aliphatic carbocycles. The van der Waals surface area contributed by atoms with Crippen molar-refractivity contribution in [3.05, 3.63) is 0 Å². The average Bonchev–Trinajstić information content (AvgIpc) is 2.13.